The Bertz CT molecular complexity index is 737. The Labute approximate surface area is 159 Å². The quantitative estimate of drug-likeness (QED) is 0.838. The number of ether oxygens (including phenoxy) is 3. The number of anilines is 2. The first-order valence-electron chi connectivity index (χ1n) is 9.49. The molecule has 144 valence electrons. The molecule has 1 aromatic heterocycles. The molecule has 0 aliphatic carbocycles. The summed E-state index contributed by atoms with van der Waals surface area (Å²) in [4.78, 5) is 11.3. The van der Waals surface area contributed by atoms with E-state index in [9.17, 15) is 0 Å². The first kappa shape index (κ1) is 18.0. The van der Waals surface area contributed by atoms with Crippen LogP contribution in [0.1, 0.15) is 18.4 Å². The minimum absolute atomic E-state index is 0.370. The number of hydrogen-bond donors (Lipinski definition) is 1. The molecule has 2 aromatic rings. The van der Waals surface area contributed by atoms with Crippen LogP contribution in [0.4, 0.5) is 11.8 Å². The van der Waals surface area contributed by atoms with E-state index in [0.29, 0.717) is 13.2 Å². The van der Waals surface area contributed by atoms with E-state index in [1.165, 1.54) is 5.56 Å². The van der Waals surface area contributed by atoms with Crippen molar-refractivity contribution in [2.45, 2.75) is 25.0 Å². The predicted octanol–water partition coefficient (Wildman–Crippen LogP) is 2.48. The molecule has 2 aliphatic heterocycles. The topological polar surface area (TPSA) is 68.7 Å². The molecule has 27 heavy (non-hydrogen) atoms. The third-order valence-corrected chi connectivity index (χ3v) is 5.14. The van der Waals surface area contributed by atoms with Crippen LogP contribution in [0.2, 0.25) is 0 Å². The third-order valence-electron chi connectivity index (χ3n) is 5.14. The van der Waals surface area contributed by atoms with E-state index >= 15 is 0 Å². The lowest BCUT2D eigenvalue weighted by molar-refractivity contribution is -0.169. The fourth-order valence-electron chi connectivity index (χ4n) is 3.56. The van der Waals surface area contributed by atoms with Crippen LogP contribution < -0.4 is 15.0 Å². The van der Waals surface area contributed by atoms with Gasteiger partial charge in [0.25, 0.3) is 0 Å². The minimum atomic E-state index is -0.370. The molecule has 0 atom stereocenters. The average molecular weight is 370 g/mol. The molecule has 2 saturated heterocycles. The number of benzene rings is 1. The van der Waals surface area contributed by atoms with Gasteiger partial charge in [-0.2, -0.15) is 4.98 Å². The summed E-state index contributed by atoms with van der Waals surface area (Å²) in [6.45, 7) is 3.90. The second-order valence-electron chi connectivity index (χ2n) is 6.86. The maximum atomic E-state index is 5.79. The Morgan fingerprint density at radius 1 is 1.11 bits per heavy atom. The van der Waals surface area contributed by atoms with Gasteiger partial charge in [0.1, 0.15) is 11.6 Å². The van der Waals surface area contributed by atoms with Gasteiger partial charge in [-0.25, -0.2) is 4.98 Å². The Hall–Kier alpha value is -2.38. The zero-order valence-electron chi connectivity index (χ0n) is 15.7. The van der Waals surface area contributed by atoms with Crippen molar-refractivity contribution < 1.29 is 14.2 Å². The van der Waals surface area contributed by atoms with Crippen LogP contribution >= 0.6 is 0 Å². The van der Waals surface area contributed by atoms with Crippen LogP contribution in [0.25, 0.3) is 0 Å². The van der Waals surface area contributed by atoms with Crippen LogP contribution in [0, 0.1) is 0 Å². The van der Waals surface area contributed by atoms with Crippen molar-refractivity contribution in [2.75, 3.05) is 50.2 Å². The molecule has 1 spiro atoms. The molecule has 4 rings (SSSR count). The van der Waals surface area contributed by atoms with Crippen molar-refractivity contribution in [2.24, 2.45) is 0 Å². The van der Waals surface area contributed by atoms with Gasteiger partial charge >= 0.3 is 0 Å². The average Bonchev–Trinajstić information content (AvgIpc) is 3.17. The van der Waals surface area contributed by atoms with Crippen molar-refractivity contribution in [1.29, 1.82) is 0 Å². The number of nitrogens with zero attached hydrogens (tertiary/aromatic N) is 3. The van der Waals surface area contributed by atoms with E-state index in [-0.39, 0.29) is 5.79 Å². The highest BCUT2D eigenvalue weighted by Gasteiger charge is 2.40. The Balaban J connectivity index is 1.30. The zero-order chi connectivity index (χ0) is 18.5. The molecule has 1 N–H and O–H groups in total. The molecule has 7 nitrogen and oxygen atoms in total. The van der Waals surface area contributed by atoms with Crippen LogP contribution in [0.3, 0.4) is 0 Å². The van der Waals surface area contributed by atoms with Gasteiger partial charge < -0.3 is 24.4 Å². The van der Waals surface area contributed by atoms with Crippen LogP contribution in [0.15, 0.2) is 36.5 Å². The van der Waals surface area contributed by atoms with Crippen molar-refractivity contribution in [3.63, 3.8) is 0 Å². The molecule has 2 fully saturated rings. The van der Waals surface area contributed by atoms with Crippen LogP contribution in [-0.4, -0.2) is 55.7 Å². The van der Waals surface area contributed by atoms with Gasteiger partial charge in [-0.15, -0.1) is 0 Å². The number of hydrogen-bond acceptors (Lipinski definition) is 7. The Morgan fingerprint density at radius 3 is 2.56 bits per heavy atom. The smallest absolute Gasteiger partial charge is 0.227 e. The summed E-state index contributed by atoms with van der Waals surface area (Å²) in [5.41, 5.74) is 1.26. The second kappa shape index (κ2) is 8.10. The summed E-state index contributed by atoms with van der Waals surface area (Å²) in [5, 5.41) is 3.39. The van der Waals surface area contributed by atoms with E-state index in [1.807, 2.05) is 24.4 Å². The minimum Gasteiger partial charge on any atom is -0.497 e. The zero-order valence-corrected chi connectivity index (χ0v) is 15.7. The molecule has 0 bridgehead atoms. The van der Waals surface area contributed by atoms with E-state index in [2.05, 4.69) is 32.3 Å². The number of methoxy groups -OCH3 is 1. The molecule has 0 amide bonds. The SMILES string of the molecule is COc1ccc(CCNc2ccnc(N3CCC4(CC3)OCCO4)n2)cc1. The van der Waals surface area contributed by atoms with Crippen molar-refractivity contribution in [3.05, 3.63) is 42.1 Å². The van der Waals surface area contributed by atoms with Crippen LogP contribution in [0.5, 0.6) is 5.75 Å². The first-order chi connectivity index (χ1) is 13.3. The van der Waals surface area contributed by atoms with E-state index in [0.717, 1.165) is 56.4 Å². The molecular weight excluding hydrogens is 344 g/mol. The van der Waals surface area contributed by atoms with Gasteiger partial charge in [-0.05, 0) is 30.2 Å². The van der Waals surface area contributed by atoms with Crippen LogP contribution in [-0.2, 0) is 15.9 Å². The number of nitrogens with one attached hydrogen (secondary N) is 1. The normalized spacial score (nSPS) is 18.6. The molecule has 0 radical (unpaired) electrons. The van der Waals surface area contributed by atoms with E-state index in [1.54, 1.807) is 7.11 Å². The number of piperidine rings is 1. The highest BCUT2D eigenvalue weighted by atomic mass is 16.7. The lowest BCUT2D eigenvalue weighted by Gasteiger charge is -2.37. The van der Waals surface area contributed by atoms with Gasteiger partial charge in [0.2, 0.25) is 5.95 Å². The first-order valence-corrected chi connectivity index (χ1v) is 9.49. The van der Waals surface area contributed by atoms with Crippen molar-refractivity contribution in [1.82, 2.24) is 9.97 Å². The molecule has 0 saturated carbocycles. The molecule has 3 heterocycles. The summed E-state index contributed by atoms with van der Waals surface area (Å²) in [5.74, 6) is 2.12. The summed E-state index contributed by atoms with van der Waals surface area (Å²) in [6, 6.07) is 10.1. The summed E-state index contributed by atoms with van der Waals surface area (Å²) < 4.78 is 16.8. The lowest BCUT2D eigenvalue weighted by Crippen LogP contribution is -2.45. The summed E-state index contributed by atoms with van der Waals surface area (Å²) >= 11 is 0. The maximum absolute atomic E-state index is 5.79. The highest BCUT2D eigenvalue weighted by molar-refractivity contribution is 5.42. The van der Waals surface area contributed by atoms with Gasteiger partial charge in [0.15, 0.2) is 5.79 Å². The monoisotopic (exact) mass is 370 g/mol. The van der Waals surface area contributed by atoms with Gasteiger partial charge in [-0.1, -0.05) is 12.1 Å². The molecule has 7 heteroatoms. The number of rotatable bonds is 6. The predicted molar refractivity (Wildman–Crippen MR) is 103 cm³/mol. The van der Waals surface area contributed by atoms with Gasteiger partial charge in [0.05, 0.1) is 20.3 Å². The maximum Gasteiger partial charge on any atom is 0.227 e. The van der Waals surface area contributed by atoms with Gasteiger partial charge in [0, 0.05) is 38.7 Å². The third kappa shape index (κ3) is 4.31. The van der Waals surface area contributed by atoms with E-state index in [4.69, 9.17) is 14.2 Å². The van der Waals surface area contributed by atoms with Crippen molar-refractivity contribution >= 4 is 11.8 Å². The Morgan fingerprint density at radius 2 is 1.85 bits per heavy atom. The summed E-state index contributed by atoms with van der Waals surface area (Å²) in [6.07, 6.45) is 4.44. The van der Waals surface area contributed by atoms with E-state index < -0.39 is 0 Å². The highest BCUT2D eigenvalue weighted by Crippen LogP contribution is 2.32. The fraction of sp³-hybridized carbons (Fsp3) is 0.500. The standard InChI is InChI=1S/C20H26N4O3/c1-25-17-4-2-16(3-5-17)6-10-21-18-7-11-22-19(23-18)24-12-8-20(9-13-24)26-14-15-27-20/h2-5,7,11H,6,8-10,12-15H2,1H3,(H,21,22,23). The molecule has 2 aliphatic rings. The Kier molecular flexibility index (Phi) is 5.40. The lowest BCUT2D eigenvalue weighted by atomic mass is 10.0. The summed E-state index contributed by atoms with van der Waals surface area (Å²) in [7, 11) is 1.68. The number of aromatic nitrogens is 2. The fourth-order valence-corrected chi connectivity index (χ4v) is 3.56. The molecule has 1 aromatic carbocycles. The second-order valence-corrected chi connectivity index (χ2v) is 6.86. The largest absolute Gasteiger partial charge is 0.497 e. The molecule has 0 unspecified atom stereocenters. The van der Waals surface area contributed by atoms with Gasteiger partial charge in [-0.3, -0.25) is 0 Å². The molecular formula is C20H26N4O3. The van der Waals surface area contributed by atoms with Crippen molar-refractivity contribution in [3.8, 4) is 5.75 Å².